The number of esters is 1. The van der Waals surface area contributed by atoms with Crippen molar-refractivity contribution in [2.75, 3.05) is 7.11 Å². The third-order valence-electron chi connectivity index (χ3n) is 4.68. The van der Waals surface area contributed by atoms with Gasteiger partial charge in [-0.15, -0.1) is 0 Å². The van der Waals surface area contributed by atoms with Crippen molar-refractivity contribution < 1.29 is 19.1 Å². The molecule has 3 rings (SSSR count). The second-order valence-corrected chi connectivity index (χ2v) is 7.60. The summed E-state index contributed by atoms with van der Waals surface area (Å²) in [7, 11) is 1.32. The molecule has 0 bridgehead atoms. The van der Waals surface area contributed by atoms with Gasteiger partial charge in [0, 0.05) is 21.3 Å². The van der Waals surface area contributed by atoms with Crippen LogP contribution in [0.15, 0.2) is 53.7 Å². The summed E-state index contributed by atoms with van der Waals surface area (Å²) in [4.78, 5) is 24.5. The Morgan fingerprint density at radius 1 is 1.13 bits per heavy atom. The standard InChI is InChI=1S/C22H22Cl2N2O4/c1-3-4-18-19(21(27)29-2)20(26-22(28)25-18)13-6-9-16(10-7-13)30-12-14-5-8-15(23)11-17(14)24/h5-11,20H,3-4,12H2,1-2H3,(H2,25,26,28). The maximum Gasteiger partial charge on any atom is 0.337 e. The maximum absolute atomic E-state index is 12.4. The van der Waals surface area contributed by atoms with E-state index in [1.165, 1.54) is 7.11 Å². The molecule has 2 amide bonds. The SMILES string of the molecule is CCCC1=C(C(=O)OC)C(c2ccc(OCc3ccc(Cl)cc3Cl)cc2)NC(=O)N1. The lowest BCUT2D eigenvalue weighted by Gasteiger charge is -2.29. The predicted molar refractivity (Wildman–Crippen MR) is 116 cm³/mol. The minimum absolute atomic E-state index is 0.285. The zero-order chi connectivity index (χ0) is 21.7. The fourth-order valence-corrected chi connectivity index (χ4v) is 3.69. The Morgan fingerprint density at radius 3 is 2.50 bits per heavy atom. The van der Waals surface area contributed by atoms with Crippen molar-refractivity contribution in [3.8, 4) is 5.75 Å². The number of methoxy groups -OCH3 is 1. The summed E-state index contributed by atoms with van der Waals surface area (Å²) in [6.07, 6.45) is 1.35. The molecule has 158 valence electrons. The second kappa shape index (κ2) is 9.87. The number of allylic oxidation sites excluding steroid dienone is 1. The highest BCUT2D eigenvalue weighted by molar-refractivity contribution is 6.35. The van der Waals surface area contributed by atoms with Crippen molar-refractivity contribution in [1.29, 1.82) is 0 Å². The summed E-state index contributed by atoms with van der Waals surface area (Å²) in [5.74, 6) is 0.149. The van der Waals surface area contributed by atoms with E-state index in [0.29, 0.717) is 33.5 Å². The minimum atomic E-state index is -0.604. The summed E-state index contributed by atoms with van der Waals surface area (Å²) < 4.78 is 10.7. The smallest absolute Gasteiger partial charge is 0.337 e. The minimum Gasteiger partial charge on any atom is -0.489 e. The quantitative estimate of drug-likeness (QED) is 0.573. The Kier molecular flexibility index (Phi) is 7.24. The first-order valence-corrected chi connectivity index (χ1v) is 10.2. The summed E-state index contributed by atoms with van der Waals surface area (Å²) in [5.41, 5.74) is 2.54. The van der Waals surface area contributed by atoms with E-state index in [1.54, 1.807) is 24.3 Å². The van der Waals surface area contributed by atoms with Crippen LogP contribution in [-0.4, -0.2) is 19.1 Å². The van der Waals surface area contributed by atoms with Gasteiger partial charge in [-0.05, 0) is 36.2 Å². The number of hydrogen-bond acceptors (Lipinski definition) is 4. The normalized spacial score (nSPS) is 16.0. The Labute approximate surface area is 185 Å². The average molecular weight is 449 g/mol. The van der Waals surface area contributed by atoms with E-state index in [9.17, 15) is 9.59 Å². The molecule has 2 aromatic rings. The van der Waals surface area contributed by atoms with E-state index in [0.717, 1.165) is 17.5 Å². The third kappa shape index (κ3) is 5.07. The van der Waals surface area contributed by atoms with Gasteiger partial charge in [0.25, 0.3) is 0 Å². The molecule has 8 heteroatoms. The Hall–Kier alpha value is -2.70. The first-order valence-electron chi connectivity index (χ1n) is 9.48. The van der Waals surface area contributed by atoms with Crippen LogP contribution in [0.5, 0.6) is 5.75 Å². The molecule has 2 N–H and O–H groups in total. The molecule has 0 aliphatic carbocycles. The number of nitrogens with one attached hydrogen (secondary N) is 2. The molecular weight excluding hydrogens is 427 g/mol. The number of carbonyl (C=O) groups is 2. The van der Waals surface area contributed by atoms with Crippen molar-refractivity contribution >= 4 is 35.2 Å². The molecule has 1 heterocycles. The third-order valence-corrected chi connectivity index (χ3v) is 5.27. The number of amides is 2. The van der Waals surface area contributed by atoms with Crippen molar-refractivity contribution in [3.05, 3.63) is 74.9 Å². The fraction of sp³-hybridized carbons (Fsp3) is 0.273. The average Bonchev–Trinajstić information content (AvgIpc) is 2.73. The predicted octanol–water partition coefficient (Wildman–Crippen LogP) is 5.15. The van der Waals surface area contributed by atoms with Crippen LogP contribution in [-0.2, 0) is 16.1 Å². The molecule has 0 spiro atoms. The van der Waals surface area contributed by atoms with Gasteiger partial charge in [0.05, 0.1) is 18.7 Å². The lowest BCUT2D eigenvalue weighted by Crippen LogP contribution is -2.45. The van der Waals surface area contributed by atoms with E-state index in [-0.39, 0.29) is 12.6 Å². The lowest BCUT2D eigenvalue weighted by molar-refractivity contribution is -0.136. The van der Waals surface area contributed by atoms with Crippen LogP contribution >= 0.6 is 23.2 Å². The zero-order valence-electron chi connectivity index (χ0n) is 16.6. The number of ether oxygens (including phenoxy) is 2. The lowest BCUT2D eigenvalue weighted by atomic mass is 9.94. The van der Waals surface area contributed by atoms with Crippen LogP contribution in [0.4, 0.5) is 4.79 Å². The molecule has 0 saturated carbocycles. The number of halogens is 2. The van der Waals surface area contributed by atoms with E-state index in [4.69, 9.17) is 32.7 Å². The van der Waals surface area contributed by atoms with Gasteiger partial charge in [-0.2, -0.15) is 0 Å². The van der Waals surface area contributed by atoms with E-state index >= 15 is 0 Å². The highest BCUT2D eigenvalue weighted by Gasteiger charge is 2.33. The van der Waals surface area contributed by atoms with Gasteiger partial charge in [-0.3, -0.25) is 0 Å². The van der Waals surface area contributed by atoms with Crippen molar-refractivity contribution in [2.45, 2.75) is 32.4 Å². The summed E-state index contributed by atoms with van der Waals surface area (Å²) in [6.45, 7) is 2.26. The summed E-state index contributed by atoms with van der Waals surface area (Å²) in [6, 6.07) is 11.4. The first kappa shape index (κ1) is 22.0. The number of hydrogen-bond donors (Lipinski definition) is 2. The zero-order valence-corrected chi connectivity index (χ0v) is 18.1. The summed E-state index contributed by atoms with van der Waals surface area (Å²) >= 11 is 12.1. The highest BCUT2D eigenvalue weighted by atomic mass is 35.5. The van der Waals surface area contributed by atoms with Crippen LogP contribution in [0.1, 0.15) is 36.9 Å². The molecule has 1 aliphatic rings. The molecular formula is C22H22Cl2N2O4. The molecule has 0 fully saturated rings. The largest absolute Gasteiger partial charge is 0.489 e. The van der Waals surface area contributed by atoms with Crippen LogP contribution in [0.3, 0.4) is 0 Å². The molecule has 30 heavy (non-hydrogen) atoms. The van der Waals surface area contributed by atoms with Crippen LogP contribution in [0.25, 0.3) is 0 Å². The molecule has 0 saturated heterocycles. The van der Waals surface area contributed by atoms with Gasteiger partial charge in [0.15, 0.2) is 0 Å². The Balaban J connectivity index is 1.80. The number of rotatable bonds is 7. The van der Waals surface area contributed by atoms with E-state index in [2.05, 4.69) is 10.6 Å². The molecule has 1 unspecified atom stereocenters. The van der Waals surface area contributed by atoms with Gasteiger partial charge in [-0.25, -0.2) is 9.59 Å². The van der Waals surface area contributed by atoms with Crippen molar-refractivity contribution in [2.24, 2.45) is 0 Å². The van der Waals surface area contributed by atoms with Crippen molar-refractivity contribution in [1.82, 2.24) is 10.6 Å². The molecule has 0 aromatic heterocycles. The molecule has 1 atom stereocenters. The Morgan fingerprint density at radius 2 is 1.87 bits per heavy atom. The topological polar surface area (TPSA) is 76.7 Å². The molecule has 6 nitrogen and oxygen atoms in total. The Bertz CT molecular complexity index is 974. The van der Waals surface area contributed by atoms with Gasteiger partial charge in [0.1, 0.15) is 12.4 Å². The van der Waals surface area contributed by atoms with Gasteiger partial charge in [-0.1, -0.05) is 54.7 Å². The van der Waals surface area contributed by atoms with Gasteiger partial charge in [0.2, 0.25) is 0 Å². The van der Waals surface area contributed by atoms with Crippen molar-refractivity contribution in [3.63, 3.8) is 0 Å². The molecule has 1 aliphatic heterocycles. The second-order valence-electron chi connectivity index (χ2n) is 6.76. The molecule has 2 aromatic carbocycles. The fourth-order valence-electron chi connectivity index (χ4n) is 3.22. The number of carbonyl (C=O) groups excluding carboxylic acids is 2. The van der Waals surface area contributed by atoms with Gasteiger partial charge >= 0.3 is 12.0 Å². The van der Waals surface area contributed by atoms with Crippen LogP contribution in [0.2, 0.25) is 10.0 Å². The highest BCUT2D eigenvalue weighted by Crippen LogP contribution is 2.30. The summed E-state index contributed by atoms with van der Waals surface area (Å²) in [5, 5.41) is 6.62. The van der Waals surface area contributed by atoms with E-state index in [1.807, 2.05) is 25.1 Å². The maximum atomic E-state index is 12.4. The first-order chi connectivity index (χ1) is 14.4. The number of benzene rings is 2. The molecule has 0 radical (unpaired) electrons. The van der Waals surface area contributed by atoms with E-state index < -0.39 is 12.0 Å². The van der Waals surface area contributed by atoms with Gasteiger partial charge < -0.3 is 20.1 Å². The van der Waals surface area contributed by atoms with Crippen LogP contribution in [0, 0.1) is 0 Å². The number of urea groups is 1. The monoisotopic (exact) mass is 448 g/mol. The van der Waals surface area contributed by atoms with Crippen LogP contribution < -0.4 is 15.4 Å².